The number of guanidine groups is 1. The number of rotatable bonds is 5. The first-order valence-corrected chi connectivity index (χ1v) is 7.65. The molecule has 1 aromatic rings. The topological polar surface area (TPSA) is 75.2 Å². The Morgan fingerprint density at radius 2 is 1.91 bits per heavy atom. The van der Waals surface area contributed by atoms with Crippen LogP contribution in [-0.2, 0) is 4.79 Å². The van der Waals surface area contributed by atoms with Gasteiger partial charge in [0.05, 0.1) is 20.8 Å². The summed E-state index contributed by atoms with van der Waals surface area (Å²) in [6.45, 7) is 1.93. The molecular weight excluding hydrogens is 296 g/mol. The molecule has 7 heteroatoms. The second kappa shape index (κ2) is 8.26. The first-order chi connectivity index (χ1) is 11.2. The third kappa shape index (κ3) is 4.51. The molecule has 23 heavy (non-hydrogen) atoms. The highest BCUT2D eigenvalue weighted by Crippen LogP contribution is 2.29. The molecule has 0 unspecified atom stereocenters. The molecule has 1 amide bonds. The Morgan fingerprint density at radius 1 is 1.22 bits per heavy atom. The van der Waals surface area contributed by atoms with Gasteiger partial charge in [0.15, 0.2) is 17.5 Å². The number of carbonyl (C=O) groups is 1. The van der Waals surface area contributed by atoms with Crippen molar-refractivity contribution >= 4 is 17.6 Å². The van der Waals surface area contributed by atoms with Crippen molar-refractivity contribution in [1.29, 1.82) is 0 Å². The molecule has 0 spiro atoms. The summed E-state index contributed by atoms with van der Waals surface area (Å²) in [5.41, 5.74) is 0.796. The summed E-state index contributed by atoms with van der Waals surface area (Å²) >= 11 is 0. The SMILES string of the molecule is CN=C(NCC(=O)N1CCCC1)Nc1ccc(OC)c(OC)c1. The monoisotopic (exact) mass is 320 g/mol. The first-order valence-electron chi connectivity index (χ1n) is 7.65. The minimum atomic E-state index is 0.0951. The smallest absolute Gasteiger partial charge is 0.241 e. The van der Waals surface area contributed by atoms with E-state index in [4.69, 9.17) is 9.47 Å². The second-order valence-corrected chi connectivity index (χ2v) is 5.21. The zero-order valence-corrected chi connectivity index (χ0v) is 13.9. The minimum Gasteiger partial charge on any atom is -0.493 e. The fourth-order valence-corrected chi connectivity index (χ4v) is 2.47. The number of methoxy groups -OCH3 is 2. The van der Waals surface area contributed by atoms with Crippen LogP contribution in [-0.4, -0.2) is 57.7 Å². The van der Waals surface area contributed by atoms with Gasteiger partial charge >= 0.3 is 0 Å². The third-order valence-electron chi connectivity index (χ3n) is 3.74. The average molecular weight is 320 g/mol. The van der Waals surface area contributed by atoms with E-state index in [0.29, 0.717) is 17.5 Å². The van der Waals surface area contributed by atoms with Crippen LogP contribution in [0.4, 0.5) is 5.69 Å². The fraction of sp³-hybridized carbons (Fsp3) is 0.500. The van der Waals surface area contributed by atoms with Gasteiger partial charge in [-0.3, -0.25) is 9.79 Å². The maximum absolute atomic E-state index is 12.0. The minimum absolute atomic E-state index is 0.0951. The van der Waals surface area contributed by atoms with Gasteiger partial charge in [-0.1, -0.05) is 0 Å². The Morgan fingerprint density at radius 3 is 2.52 bits per heavy atom. The number of amides is 1. The van der Waals surface area contributed by atoms with Gasteiger partial charge in [0.25, 0.3) is 0 Å². The molecule has 1 saturated heterocycles. The van der Waals surface area contributed by atoms with Gasteiger partial charge in [0.2, 0.25) is 5.91 Å². The van der Waals surface area contributed by atoms with E-state index in [-0.39, 0.29) is 12.5 Å². The standard InChI is InChI=1S/C16H24N4O3/c1-17-16(18-11-15(21)20-8-4-5-9-20)19-12-6-7-13(22-2)14(10-12)23-3/h6-7,10H,4-5,8-9,11H2,1-3H3,(H2,17,18,19). The molecule has 2 N–H and O–H groups in total. The highest BCUT2D eigenvalue weighted by molar-refractivity contribution is 5.96. The summed E-state index contributed by atoms with van der Waals surface area (Å²) < 4.78 is 10.5. The van der Waals surface area contributed by atoms with E-state index in [0.717, 1.165) is 31.6 Å². The van der Waals surface area contributed by atoms with E-state index in [9.17, 15) is 4.79 Å². The molecule has 0 aliphatic carbocycles. The quantitative estimate of drug-likeness (QED) is 0.632. The predicted octanol–water partition coefficient (Wildman–Crippen LogP) is 1.31. The van der Waals surface area contributed by atoms with Crippen LogP contribution in [0, 0.1) is 0 Å². The Bertz CT molecular complexity index is 568. The summed E-state index contributed by atoms with van der Waals surface area (Å²) in [5, 5.41) is 6.17. The zero-order chi connectivity index (χ0) is 16.7. The van der Waals surface area contributed by atoms with E-state index in [2.05, 4.69) is 15.6 Å². The van der Waals surface area contributed by atoms with Gasteiger partial charge in [0.1, 0.15) is 0 Å². The Balaban J connectivity index is 1.93. The van der Waals surface area contributed by atoms with Crippen molar-refractivity contribution in [2.45, 2.75) is 12.8 Å². The lowest BCUT2D eigenvalue weighted by Crippen LogP contribution is -2.41. The molecule has 1 fully saturated rings. The molecule has 1 heterocycles. The van der Waals surface area contributed by atoms with Crippen molar-refractivity contribution < 1.29 is 14.3 Å². The van der Waals surface area contributed by atoms with Crippen LogP contribution in [0.5, 0.6) is 11.5 Å². The van der Waals surface area contributed by atoms with Gasteiger partial charge in [-0.2, -0.15) is 0 Å². The van der Waals surface area contributed by atoms with E-state index < -0.39 is 0 Å². The lowest BCUT2D eigenvalue weighted by molar-refractivity contribution is -0.128. The lowest BCUT2D eigenvalue weighted by atomic mass is 10.3. The number of hydrogen-bond donors (Lipinski definition) is 2. The van der Waals surface area contributed by atoms with Gasteiger partial charge in [-0.05, 0) is 25.0 Å². The Hall–Kier alpha value is -2.44. The Kier molecular flexibility index (Phi) is 6.08. The number of carbonyl (C=O) groups excluding carboxylic acids is 1. The number of nitrogens with zero attached hydrogens (tertiary/aromatic N) is 2. The number of aliphatic imine (C=N–C) groups is 1. The van der Waals surface area contributed by atoms with E-state index >= 15 is 0 Å². The molecule has 1 aliphatic heterocycles. The average Bonchev–Trinajstić information content (AvgIpc) is 3.12. The predicted molar refractivity (Wildman–Crippen MR) is 90.3 cm³/mol. The van der Waals surface area contributed by atoms with Crippen LogP contribution in [0.1, 0.15) is 12.8 Å². The van der Waals surface area contributed by atoms with Gasteiger partial charge in [-0.15, -0.1) is 0 Å². The fourth-order valence-electron chi connectivity index (χ4n) is 2.47. The van der Waals surface area contributed by atoms with Crippen molar-refractivity contribution in [2.24, 2.45) is 4.99 Å². The number of hydrogen-bond acceptors (Lipinski definition) is 4. The van der Waals surface area contributed by atoms with Gasteiger partial charge in [-0.25, -0.2) is 0 Å². The van der Waals surface area contributed by atoms with Crippen molar-refractivity contribution in [3.63, 3.8) is 0 Å². The van der Waals surface area contributed by atoms with Crippen LogP contribution < -0.4 is 20.1 Å². The lowest BCUT2D eigenvalue weighted by Gasteiger charge is -2.17. The molecule has 0 bridgehead atoms. The molecule has 1 aromatic carbocycles. The molecule has 1 aliphatic rings. The molecule has 0 atom stereocenters. The third-order valence-corrected chi connectivity index (χ3v) is 3.74. The maximum Gasteiger partial charge on any atom is 0.241 e. The molecule has 7 nitrogen and oxygen atoms in total. The first kappa shape index (κ1) is 16.9. The van der Waals surface area contributed by atoms with Crippen LogP contribution in [0.25, 0.3) is 0 Å². The summed E-state index contributed by atoms with van der Waals surface area (Å²) in [5.74, 6) is 1.91. The largest absolute Gasteiger partial charge is 0.493 e. The number of benzene rings is 1. The number of anilines is 1. The van der Waals surface area contributed by atoms with E-state index in [1.54, 1.807) is 21.3 Å². The molecule has 2 rings (SSSR count). The van der Waals surface area contributed by atoms with Crippen molar-refractivity contribution in [2.75, 3.05) is 46.2 Å². The summed E-state index contributed by atoms with van der Waals surface area (Å²) in [6.07, 6.45) is 2.18. The second-order valence-electron chi connectivity index (χ2n) is 5.21. The zero-order valence-electron chi connectivity index (χ0n) is 13.9. The maximum atomic E-state index is 12.0. The van der Waals surface area contributed by atoms with Crippen molar-refractivity contribution in [3.8, 4) is 11.5 Å². The highest BCUT2D eigenvalue weighted by Gasteiger charge is 2.17. The summed E-state index contributed by atoms with van der Waals surface area (Å²) in [7, 11) is 4.84. The highest BCUT2D eigenvalue weighted by atomic mass is 16.5. The number of nitrogens with one attached hydrogen (secondary N) is 2. The Labute approximate surface area is 136 Å². The van der Waals surface area contributed by atoms with Crippen LogP contribution >= 0.6 is 0 Å². The van der Waals surface area contributed by atoms with Gasteiger partial charge < -0.3 is 25.0 Å². The molecular formula is C16H24N4O3. The summed E-state index contributed by atoms with van der Waals surface area (Å²) in [6, 6.07) is 5.48. The molecule has 0 saturated carbocycles. The van der Waals surface area contributed by atoms with Crippen LogP contribution in [0.3, 0.4) is 0 Å². The normalized spacial score (nSPS) is 14.6. The number of likely N-dealkylation sites (tertiary alicyclic amines) is 1. The molecule has 126 valence electrons. The van der Waals surface area contributed by atoms with Crippen LogP contribution in [0.15, 0.2) is 23.2 Å². The number of ether oxygens (including phenoxy) is 2. The van der Waals surface area contributed by atoms with E-state index in [1.807, 2.05) is 23.1 Å². The van der Waals surface area contributed by atoms with Crippen molar-refractivity contribution in [3.05, 3.63) is 18.2 Å². The molecule has 0 aromatic heterocycles. The summed E-state index contributed by atoms with van der Waals surface area (Å²) in [4.78, 5) is 18.0. The van der Waals surface area contributed by atoms with E-state index in [1.165, 1.54) is 0 Å². The van der Waals surface area contributed by atoms with Gasteiger partial charge in [0, 0.05) is 31.9 Å². The van der Waals surface area contributed by atoms with Crippen LogP contribution in [0.2, 0.25) is 0 Å². The molecule has 0 radical (unpaired) electrons. The van der Waals surface area contributed by atoms with Crippen molar-refractivity contribution in [1.82, 2.24) is 10.2 Å².